The molecule has 0 atom stereocenters. The van der Waals surface area contributed by atoms with E-state index in [0.717, 1.165) is 17.1 Å². The number of nitrogens with one attached hydrogen (secondary N) is 2. The Labute approximate surface area is 100 Å². The van der Waals surface area contributed by atoms with E-state index in [2.05, 4.69) is 20.3 Å². The minimum Gasteiger partial charge on any atom is -0.476 e. The van der Waals surface area contributed by atoms with E-state index < -0.39 is 0 Å². The van der Waals surface area contributed by atoms with Crippen molar-refractivity contribution in [1.29, 1.82) is 0 Å². The lowest BCUT2D eigenvalue weighted by atomic mass is 10.3. The zero-order valence-electron chi connectivity index (χ0n) is 10.0. The van der Waals surface area contributed by atoms with Crippen molar-refractivity contribution in [2.45, 2.75) is 20.4 Å². The summed E-state index contributed by atoms with van der Waals surface area (Å²) in [6, 6.07) is 3.82. The second kappa shape index (κ2) is 5.34. The van der Waals surface area contributed by atoms with Crippen molar-refractivity contribution in [3.8, 4) is 5.88 Å². The molecule has 0 fully saturated rings. The average molecular weight is 232 g/mol. The van der Waals surface area contributed by atoms with Crippen molar-refractivity contribution in [3.05, 3.63) is 36.0 Å². The van der Waals surface area contributed by atoms with Crippen LogP contribution in [0.4, 0.5) is 5.69 Å². The fourth-order valence-electron chi connectivity index (χ4n) is 1.52. The van der Waals surface area contributed by atoms with Gasteiger partial charge in [-0.3, -0.25) is 0 Å². The van der Waals surface area contributed by atoms with Crippen LogP contribution in [0.15, 0.2) is 24.7 Å². The lowest BCUT2D eigenvalue weighted by molar-refractivity contribution is 0.328. The van der Waals surface area contributed by atoms with Crippen molar-refractivity contribution >= 4 is 5.69 Å². The van der Waals surface area contributed by atoms with Crippen molar-refractivity contribution < 1.29 is 4.74 Å². The summed E-state index contributed by atoms with van der Waals surface area (Å²) >= 11 is 0. The second-order valence-electron chi connectivity index (χ2n) is 3.62. The molecule has 0 saturated carbocycles. The third kappa shape index (κ3) is 2.75. The summed E-state index contributed by atoms with van der Waals surface area (Å²) in [5.74, 6) is 0.628. The lowest BCUT2D eigenvalue weighted by Gasteiger charge is -2.10. The first kappa shape index (κ1) is 11.4. The molecular weight excluding hydrogens is 216 g/mol. The maximum atomic E-state index is 5.44. The first-order valence-electron chi connectivity index (χ1n) is 5.61. The molecule has 2 aromatic rings. The summed E-state index contributed by atoms with van der Waals surface area (Å²) in [7, 11) is 0. The Balaban J connectivity index is 2.06. The summed E-state index contributed by atoms with van der Waals surface area (Å²) in [6.45, 7) is 5.20. The highest BCUT2D eigenvalue weighted by Crippen LogP contribution is 2.21. The normalized spacial score (nSPS) is 10.2. The van der Waals surface area contributed by atoms with Gasteiger partial charge in [-0.25, -0.2) is 9.97 Å². The first-order chi connectivity index (χ1) is 8.31. The Bertz CT molecular complexity index is 481. The van der Waals surface area contributed by atoms with E-state index in [4.69, 9.17) is 4.74 Å². The highest BCUT2D eigenvalue weighted by Gasteiger charge is 2.05. The molecule has 2 N–H and O–H groups in total. The van der Waals surface area contributed by atoms with Crippen molar-refractivity contribution in [2.24, 2.45) is 0 Å². The minimum atomic E-state index is 0.604. The van der Waals surface area contributed by atoms with Crippen LogP contribution in [-0.4, -0.2) is 21.6 Å². The molecule has 2 rings (SSSR count). The van der Waals surface area contributed by atoms with Crippen molar-refractivity contribution in [2.75, 3.05) is 11.9 Å². The van der Waals surface area contributed by atoms with E-state index in [9.17, 15) is 0 Å². The van der Waals surface area contributed by atoms with Gasteiger partial charge >= 0.3 is 0 Å². The van der Waals surface area contributed by atoms with Gasteiger partial charge in [0.2, 0.25) is 5.88 Å². The Morgan fingerprint density at radius 1 is 1.41 bits per heavy atom. The van der Waals surface area contributed by atoms with Crippen LogP contribution in [0.5, 0.6) is 5.88 Å². The van der Waals surface area contributed by atoms with Gasteiger partial charge in [0.25, 0.3) is 0 Å². The van der Waals surface area contributed by atoms with Crippen LogP contribution in [0, 0.1) is 6.92 Å². The van der Waals surface area contributed by atoms with Gasteiger partial charge in [-0.1, -0.05) is 0 Å². The number of anilines is 1. The zero-order valence-corrected chi connectivity index (χ0v) is 10.0. The summed E-state index contributed by atoms with van der Waals surface area (Å²) < 4.78 is 5.44. The fraction of sp³-hybridized carbons (Fsp3) is 0.333. The van der Waals surface area contributed by atoms with Crippen molar-refractivity contribution in [1.82, 2.24) is 15.0 Å². The third-order valence-electron chi connectivity index (χ3n) is 2.43. The number of aromatic nitrogens is 3. The van der Waals surface area contributed by atoms with E-state index in [1.54, 1.807) is 12.5 Å². The molecule has 90 valence electrons. The van der Waals surface area contributed by atoms with Crippen LogP contribution >= 0.6 is 0 Å². The van der Waals surface area contributed by atoms with Crippen LogP contribution < -0.4 is 10.1 Å². The second-order valence-corrected chi connectivity index (χ2v) is 3.62. The number of hydrogen-bond donors (Lipinski definition) is 2. The molecule has 5 heteroatoms. The SMILES string of the molecule is CCOc1ncccc1NCc1nc[nH]c1C. The molecule has 0 radical (unpaired) electrons. The van der Waals surface area contributed by atoms with Crippen LogP contribution in [0.3, 0.4) is 0 Å². The van der Waals surface area contributed by atoms with Crippen LogP contribution in [-0.2, 0) is 6.54 Å². The highest BCUT2D eigenvalue weighted by atomic mass is 16.5. The van der Waals surface area contributed by atoms with E-state index in [1.165, 1.54) is 0 Å². The summed E-state index contributed by atoms with van der Waals surface area (Å²) in [5.41, 5.74) is 2.95. The third-order valence-corrected chi connectivity index (χ3v) is 2.43. The molecule has 5 nitrogen and oxygen atoms in total. The Morgan fingerprint density at radius 2 is 2.29 bits per heavy atom. The Hall–Kier alpha value is -2.04. The van der Waals surface area contributed by atoms with Gasteiger partial charge in [0.05, 0.1) is 30.9 Å². The van der Waals surface area contributed by atoms with Gasteiger partial charge in [0, 0.05) is 11.9 Å². The van der Waals surface area contributed by atoms with Gasteiger partial charge in [-0.2, -0.15) is 0 Å². The molecule has 2 heterocycles. The highest BCUT2D eigenvalue weighted by molar-refractivity contribution is 5.52. The molecule has 0 saturated heterocycles. The molecule has 0 amide bonds. The molecule has 0 unspecified atom stereocenters. The molecule has 0 aliphatic heterocycles. The maximum absolute atomic E-state index is 5.44. The topological polar surface area (TPSA) is 62.8 Å². The summed E-state index contributed by atoms with van der Waals surface area (Å²) in [4.78, 5) is 11.5. The molecule has 0 aliphatic rings. The number of ether oxygens (including phenoxy) is 1. The van der Waals surface area contributed by atoms with Gasteiger partial charge in [0.1, 0.15) is 0 Å². The van der Waals surface area contributed by atoms with Crippen molar-refractivity contribution in [3.63, 3.8) is 0 Å². The van der Waals surface area contributed by atoms with Gasteiger partial charge < -0.3 is 15.0 Å². The Kier molecular flexibility index (Phi) is 3.59. The quantitative estimate of drug-likeness (QED) is 0.829. The largest absolute Gasteiger partial charge is 0.476 e. The molecule has 0 spiro atoms. The maximum Gasteiger partial charge on any atom is 0.237 e. The average Bonchev–Trinajstić information content (AvgIpc) is 2.74. The molecule has 0 aliphatic carbocycles. The zero-order chi connectivity index (χ0) is 12.1. The fourth-order valence-corrected chi connectivity index (χ4v) is 1.52. The molecule has 2 aromatic heterocycles. The Morgan fingerprint density at radius 3 is 3.00 bits per heavy atom. The van der Waals surface area contributed by atoms with E-state index in [1.807, 2.05) is 26.0 Å². The molecule has 0 bridgehead atoms. The number of aryl methyl sites for hydroxylation is 1. The van der Waals surface area contributed by atoms with Gasteiger partial charge in [-0.05, 0) is 26.0 Å². The number of imidazole rings is 1. The monoisotopic (exact) mass is 232 g/mol. The standard InChI is InChI=1S/C12H16N4O/c1-3-17-12-10(5-4-6-13-12)14-7-11-9(2)15-8-16-11/h4-6,8,14H,3,7H2,1-2H3,(H,15,16). The predicted octanol–water partition coefficient (Wildman–Crippen LogP) is 2.12. The number of rotatable bonds is 5. The van der Waals surface area contributed by atoms with E-state index in [-0.39, 0.29) is 0 Å². The molecular formula is C12H16N4O. The molecule has 17 heavy (non-hydrogen) atoms. The number of hydrogen-bond acceptors (Lipinski definition) is 4. The number of aromatic amines is 1. The van der Waals surface area contributed by atoms with Gasteiger partial charge in [0.15, 0.2) is 0 Å². The first-order valence-corrected chi connectivity index (χ1v) is 5.61. The van der Waals surface area contributed by atoms with Gasteiger partial charge in [-0.15, -0.1) is 0 Å². The summed E-state index contributed by atoms with van der Waals surface area (Å²) in [5, 5.41) is 3.27. The molecule has 0 aromatic carbocycles. The number of nitrogens with zero attached hydrogens (tertiary/aromatic N) is 2. The lowest BCUT2D eigenvalue weighted by Crippen LogP contribution is -2.05. The number of pyridine rings is 1. The number of H-pyrrole nitrogens is 1. The van der Waals surface area contributed by atoms with E-state index in [0.29, 0.717) is 19.0 Å². The smallest absolute Gasteiger partial charge is 0.237 e. The van der Waals surface area contributed by atoms with Crippen LogP contribution in [0.25, 0.3) is 0 Å². The predicted molar refractivity (Wildman–Crippen MR) is 66.1 cm³/mol. The summed E-state index contributed by atoms with van der Waals surface area (Å²) in [6.07, 6.45) is 3.41. The van der Waals surface area contributed by atoms with E-state index >= 15 is 0 Å². The van der Waals surface area contributed by atoms with Crippen LogP contribution in [0.1, 0.15) is 18.3 Å². The van der Waals surface area contributed by atoms with Crippen LogP contribution in [0.2, 0.25) is 0 Å². The minimum absolute atomic E-state index is 0.604.